The van der Waals surface area contributed by atoms with E-state index in [1.54, 1.807) is 31.4 Å². The number of amides is 2. The van der Waals surface area contributed by atoms with Crippen molar-refractivity contribution in [2.75, 3.05) is 27.7 Å². The maximum absolute atomic E-state index is 13.0. The van der Waals surface area contributed by atoms with Crippen molar-refractivity contribution >= 4 is 23.4 Å². The molecule has 2 aromatic carbocycles. The minimum atomic E-state index is -0.628. The molecule has 0 aromatic heterocycles. The molecule has 0 saturated heterocycles. The second-order valence-corrected chi connectivity index (χ2v) is 8.60. The predicted molar refractivity (Wildman–Crippen MR) is 125 cm³/mol. The van der Waals surface area contributed by atoms with Gasteiger partial charge >= 0.3 is 0 Å². The lowest BCUT2D eigenvalue weighted by Gasteiger charge is -2.27. The van der Waals surface area contributed by atoms with Gasteiger partial charge in [0.05, 0.1) is 13.2 Å². The number of carbonyl (C=O) groups is 2. The summed E-state index contributed by atoms with van der Waals surface area (Å²) in [5, 5.41) is 6.44. The third-order valence-electron chi connectivity index (χ3n) is 5.01. The van der Waals surface area contributed by atoms with Gasteiger partial charge in [-0.2, -0.15) is 0 Å². The molecular weight excluding hydrogens is 414 g/mol. The summed E-state index contributed by atoms with van der Waals surface area (Å²) >= 11 is 5.90. The minimum absolute atomic E-state index is 0.0364. The molecule has 0 spiro atoms. The second kappa shape index (κ2) is 11.7. The molecule has 2 N–H and O–H groups in total. The van der Waals surface area contributed by atoms with Crippen LogP contribution in [0.3, 0.4) is 0 Å². The molecule has 0 heterocycles. The number of rotatable bonds is 10. The van der Waals surface area contributed by atoms with Crippen molar-refractivity contribution in [3.8, 4) is 5.75 Å². The van der Waals surface area contributed by atoms with Gasteiger partial charge in [-0.05, 0) is 68.4 Å². The molecular formula is C24H32ClN3O3. The maximum atomic E-state index is 13.0. The van der Waals surface area contributed by atoms with Crippen LogP contribution in [-0.2, 0) is 4.79 Å². The number of hydrogen-bond donors (Lipinski definition) is 2. The molecule has 0 aliphatic rings. The zero-order chi connectivity index (χ0) is 23.0. The fourth-order valence-corrected chi connectivity index (χ4v) is 3.44. The highest BCUT2D eigenvalue weighted by Crippen LogP contribution is 2.22. The quantitative estimate of drug-likeness (QED) is 0.581. The Morgan fingerprint density at radius 3 is 2.35 bits per heavy atom. The van der Waals surface area contributed by atoms with Gasteiger partial charge < -0.3 is 20.3 Å². The first-order chi connectivity index (χ1) is 14.7. The van der Waals surface area contributed by atoms with E-state index >= 15 is 0 Å². The Hall–Kier alpha value is -2.57. The minimum Gasteiger partial charge on any atom is -0.497 e. The standard InChI is InChI=1S/C24H32ClN3O3/c1-16(2)13-21(27-23(29)17-9-11-19(25)12-10-17)24(30)26-15-22(28(3)4)18-7-6-8-20(14-18)31-5/h6-12,14,16,21-22H,13,15H2,1-5H3,(H,26,30)(H,27,29). The molecule has 0 aliphatic heterocycles. The first kappa shape index (κ1) is 24.7. The number of halogens is 1. The number of hydrogen-bond acceptors (Lipinski definition) is 4. The SMILES string of the molecule is COc1cccc(C(CNC(=O)C(CC(C)C)NC(=O)c2ccc(Cl)cc2)N(C)C)c1. The number of benzene rings is 2. The molecule has 2 aromatic rings. The van der Waals surface area contributed by atoms with Crippen molar-refractivity contribution in [3.63, 3.8) is 0 Å². The lowest BCUT2D eigenvalue weighted by molar-refractivity contribution is -0.123. The average molecular weight is 446 g/mol. The van der Waals surface area contributed by atoms with Crippen molar-refractivity contribution in [3.05, 3.63) is 64.7 Å². The first-order valence-corrected chi connectivity index (χ1v) is 10.7. The highest BCUT2D eigenvalue weighted by molar-refractivity contribution is 6.30. The van der Waals surface area contributed by atoms with Crippen LogP contribution in [0.1, 0.15) is 42.2 Å². The molecule has 0 fully saturated rings. The Bertz CT molecular complexity index is 869. The molecule has 7 heteroatoms. The van der Waals surface area contributed by atoms with Crippen LogP contribution in [0, 0.1) is 5.92 Å². The maximum Gasteiger partial charge on any atom is 0.251 e. The van der Waals surface area contributed by atoms with Crippen molar-refractivity contribution in [2.45, 2.75) is 32.4 Å². The van der Waals surface area contributed by atoms with Crippen molar-refractivity contribution in [1.29, 1.82) is 0 Å². The molecule has 31 heavy (non-hydrogen) atoms. The summed E-state index contributed by atoms with van der Waals surface area (Å²) in [5.41, 5.74) is 1.50. The molecule has 2 unspecified atom stereocenters. The highest BCUT2D eigenvalue weighted by Gasteiger charge is 2.24. The Kier molecular flexibility index (Phi) is 9.34. The smallest absolute Gasteiger partial charge is 0.251 e. The molecule has 2 amide bonds. The Morgan fingerprint density at radius 2 is 1.77 bits per heavy atom. The number of ether oxygens (including phenoxy) is 1. The van der Waals surface area contributed by atoms with Crippen LogP contribution in [0.4, 0.5) is 0 Å². The van der Waals surface area contributed by atoms with Gasteiger partial charge in [-0.25, -0.2) is 0 Å². The summed E-state index contributed by atoms with van der Waals surface area (Å²) < 4.78 is 5.32. The van der Waals surface area contributed by atoms with E-state index in [0.717, 1.165) is 11.3 Å². The summed E-state index contributed by atoms with van der Waals surface area (Å²) in [4.78, 5) is 27.7. The van der Waals surface area contributed by atoms with Gasteiger partial charge in [0.1, 0.15) is 11.8 Å². The molecule has 6 nitrogen and oxygen atoms in total. The number of nitrogens with one attached hydrogen (secondary N) is 2. The van der Waals surface area contributed by atoms with E-state index in [1.807, 2.05) is 57.1 Å². The number of nitrogens with zero attached hydrogens (tertiary/aromatic N) is 1. The van der Waals surface area contributed by atoms with Crippen LogP contribution in [0.25, 0.3) is 0 Å². The number of methoxy groups -OCH3 is 1. The molecule has 168 valence electrons. The van der Waals surface area contributed by atoms with Crippen LogP contribution in [0.2, 0.25) is 5.02 Å². The van der Waals surface area contributed by atoms with E-state index in [0.29, 0.717) is 23.6 Å². The fraction of sp³-hybridized carbons (Fsp3) is 0.417. The topological polar surface area (TPSA) is 70.7 Å². The normalized spacial score (nSPS) is 13.0. The number of carbonyl (C=O) groups excluding carboxylic acids is 2. The summed E-state index contributed by atoms with van der Waals surface area (Å²) in [6, 6.07) is 13.7. The van der Waals surface area contributed by atoms with Gasteiger partial charge in [-0.3, -0.25) is 9.59 Å². The fourth-order valence-electron chi connectivity index (χ4n) is 3.31. The van der Waals surface area contributed by atoms with Crippen LogP contribution in [-0.4, -0.2) is 50.5 Å². The highest BCUT2D eigenvalue weighted by atomic mass is 35.5. The Balaban J connectivity index is 2.09. The van der Waals surface area contributed by atoms with Gasteiger partial charge in [0.15, 0.2) is 0 Å². The number of likely N-dealkylation sites (N-methyl/N-ethyl adjacent to an activating group) is 1. The van der Waals surface area contributed by atoms with E-state index in [-0.39, 0.29) is 23.8 Å². The predicted octanol–water partition coefficient (Wildman–Crippen LogP) is 3.91. The largest absolute Gasteiger partial charge is 0.497 e. The molecule has 0 saturated carbocycles. The van der Waals surface area contributed by atoms with E-state index in [4.69, 9.17) is 16.3 Å². The third kappa shape index (κ3) is 7.56. The first-order valence-electron chi connectivity index (χ1n) is 10.4. The molecule has 2 atom stereocenters. The van der Waals surface area contributed by atoms with Crippen LogP contribution < -0.4 is 15.4 Å². The lowest BCUT2D eigenvalue weighted by Crippen LogP contribution is -2.49. The van der Waals surface area contributed by atoms with E-state index in [9.17, 15) is 9.59 Å². The van der Waals surface area contributed by atoms with Crippen molar-refractivity contribution < 1.29 is 14.3 Å². The molecule has 0 radical (unpaired) electrons. The summed E-state index contributed by atoms with van der Waals surface area (Å²) in [6.45, 7) is 4.45. The zero-order valence-electron chi connectivity index (χ0n) is 18.8. The Labute approximate surface area is 189 Å². The third-order valence-corrected chi connectivity index (χ3v) is 5.26. The Morgan fingerprint density at radius 1 is 1.10 bits per heavy atom. The van der Waals surface area contributed by atoms with E-state index in [2.05, 4.69) is 10.6 Å². The van der Waals surface area contributed by atoms with Crippen LogP contribution in [0.15, 0.2) is 48.5 Å². The van der Waals surface area contributed by atoms with Gasteiger partial charge in [-0.1, -0.05) is 37.6 Å². The van der Waals surface area contributed by atoms with Crippen LogP contribution >= 0.6 is 11.6 Å². The van der Waals surface area contributed by atoms with Crippen LogP contribution in [0.5, 0.6) is 5.75 Å². The molecule has 2 rings (SSSR count). The lowest BCUT2D eigenvalue weighted by atomic mass is 10.0. The average Bonchev–Trinajstić information content (AvgIpc) is 2.73. The van der Waals surface area contributed by atoms with E-state index < -0.39 is 6.04 Å². The van der Waals surface area contributed by atoms with Gasteiger partial charge in [-0.15, -0.1) is 0 Å². The van der Waals surface area contributed by atoms with E-state index in [1.165, 1.54) is 0 Å². The molecule has 0 aliphatic carbocycles. The van der Waals surface area contributed by atoms with Gasteiger partial charge in [0.2, 0.25) is 5.91 Å². The summed E-state index contributed by atoms with van der Waals surface area (Å²) in [7, 11) is 5.56. The second-order valence-electron chi connectivity index (χ2n) is 8.16. The zero-order valence-corrected chi connectivity index (χ0v) is 19.6. The molecule has 0 bridgehead atoms. The van der Waals surface area contributed by atoms with Gasteiger partial charge in [0, 0.05) is 17.1 Å². The van der Waals surface area contributed by atoms with Gasteiger partial charge in [0.25, 0.3) is 5.91 Å². The summed E-state index contributed by atoms with van der Waals surface area (Å²) in [6.07, 6.45) is 0.539. The van der Waals surface area contributed by atoms with Crippen molar-refractivity contribution in [1.82, 2.24) is 15.5 Å². The van der Waals surface area contributed by atoms with Crippen molar-refractivity contribution in [2.24, 2.45) is 5.92 Å². The monoisotopic (exact) mass is 445 g/mol. The summed E-state index contributed by atoms with van der Waals surface area (Å²) in [5.74, 6) is 0.507.